The summed E-state index contributed by atoms with van der Waals surface area (Å²) in [6, 6.07) is 3.22. The molecule has 3 rings (SSSR count). The lowest BCUT2D eigenvalue weighted by atomic mass is 10.1. The topological polar surface area (TPSA) is 61.8 Å². The summed E-state index contributed by atoms with van der Waals surface area (Å²) in [6.45, 7) is 1.82. The van der Waals surface area contributed by atoms with Gasteiger partial charge in [0.25, 0.3) is 11.6 Å². The van der Waals surface area contributed by atoms with Crippen LogP contribution in [0.25, 0.3) is 0 Å². The number of rotatable bonds is 3. The number of fused-ring (bicyclic) bond motifs is 1. The van der Waals surface area contributed by atoms with Crippen molar-refractivity contribution in [2.24, 2.45) is 0 Å². The van der Waals surface area contributed by atoms with Crippen molar-refractivity contribution in [3.63, 3.8) is 0 Å². The number of ketones is 1. The molecule has 6 heteroatoms. The zero-order chi connectivity index (χ0) is 15.0. The normalized spacial score (nSPS) is 18.0. The highest BCUT2D eigenvalue weighted by atomic mass is 79.9. The van der Waals surface area contributed by atoms with Gasteiger partial charge in [0.2, 0.25) is 0 Å². The van der Waals surface area contributed by atoms with Gasteiger partial charge in [-0.25, -0.2) is 4.79 Å². The molecule has 0 N–H and O–H groups in total. The summed E-state index contributed by atoms with van der Waals surface area (Å²) < 4.78 is 17.0. The minimum Gasteiger partial charge on any atom is -0.460 e. The van der Waals surface area contributed by atoms with E-state index >= 15 is 0 Å². The number of ether oxygens (including phenoxy) is 3. The minimum atomic E-state index is -0.868. The largest absolute Gasteiger partial charge is 0.460 e. The van der Waals surface area contributed by atoms with Gasteiger partial charge >= 0.3 is 5.97 Å². The van der Waals surface area contributed by atoms with E-state index in [0.717, 1.165) is 25.7 Å². The highest BCUT2D eigenvalue weighted by Gasteiger charge is 2.44. The standard InChI is InChI=1S/C15H15BrO5/c1-2-19-14(18)13(17)9-7-11-12(8-10(9)16)21-15(20-11)5-3-4-6-15/h7-8H,2-6H2,1H3. The Morgan fingerprint density at radius 1 is 1.24 bits per heavy atom. The summed E-state index contributed by atoms with van der Waals surface area (Å²) in [6.07, 6.45) is 3.79. The van der Waals surface area contributed by atoms with Crippen LogP contribution in [0.15, 0.2) is 16.6 Å². The highest BCUT2D eigenvalue weighted by molar-refractivity contribution is 9.10. The smallest absolute Gasteiger partial charge is 0.379 e. The van der Waals surface area contributed by atoms with Crippen molar-refractivity contribution in [1.82, 2.24) is 0 Å². The van der Waals surface area contributed by atoms with Crippen molar-refractivity contribution in [2.75, 3.05) is 6.61 Å². The molecule has 0 saturated heterocycles. The molecule has 2 aliphatic rings. The first kappa shape index (κ1) is 14.4. The minimum absolute atomic E-state index is 0.163. The molecule has 1 aromatic carbocycles. The number of carbonyl (C=O) groups is 2. The molecule has 0 amide bonds. The molecular formula is C15H15BrO5. The van der Waals surface area contributed by atoms with Gasteiger partial charge < -0.3 is 14.2 Å². The summed E-state index contributed by atoms with van der Waals surface area (Å²) in [5.74, 6) is -1.04. The number of carbonyl (C=O) groups excluding carboxylic acids is 2. The van der Waals surface area contributed by atoms with Gasteiger partial charge in [-0.15, -0.1) is 0 Å². The van der Waals surface area contributed by atoms with E-state index in [-0.39, 0.29) is 12.2 Å². The monoisotopic (exact) mass is 354 g/mol. The predicted molar refractivity (Wildman–Crippen MR) is 77.6 cm³/mol. The number of hydrogen-bond donors (Lipinski definition) is 0. The van der Waals surface area contributed by atoms with Gasteiger partial charge in [-0.3, -0.25) is 4.79 Å². The maximum Gasteiger partial charge on any atom is 0.379 e. The van der Waals surface area contributed by atoms with E-state index in [1.165, 1.54) is 0 Å². The second-order valence-corrected chi connectivity index (χ2v) is 6.00. The molecule has 0 unspecified atom stereocenters. The Labute approximate surface area is 130 Å². The second-order valence-electron chi connectivity index (χ2n) is 5.15. The van der Waals surface area contributed by atoms with Gasteiger partial charge in [0.1, 0.15) is 0 Å². The van der Waals surface area contributed by atoms with Crippen molar-refractivity contribution in [2.45, 2.75) is 38.4 Å². The Hall–Kier alpha value is -1.56. The fourth-order valence-corrected chi connectivity index (χ4v) is 3.22. The van der Waals surface area contributed by atoms with Gasteiger partial charge in [-0.2, -0.15) is 0 Å². The average Bonchev–Trinajstić information content (AvgIpc) is 3.03. The molecule has 112 valence electrons. The Balaban J connectivity index is 1.89. The lowest BCUT2D eigenvalue weighted by Crippen LogP contribution is -2.34. The van der Waals surface area contributed by atoms with E-state index < -0.39 is 17.5 Å². The van der Waals surface area contributed by atoms with E-state index in [0.29, 0.717) is 16.0 Å². The maximum absolute atomic E-state index is 12.1. The first-order chi connectivity index (χ1) is 10.0. The van der Waals surface area contributed by atoms with E-state index in [4.69, 9.17) is 14.2 Å². The average molecular weight is 355 g/mol. The molecule has 0 atom stereocenters. The first-order valence-corrected chi connectivity index (χ1v) is 7.77. The van der Waals surface area contributed by atoms with Crippen molar-refractivity contribution in [3.8, 4) is 11.5 Å². The van der Waals surface area contributed by atoms with E-state index in [2.05, 4.69) is 15.9 Å². The molecule has 1 aliphatic heterocycles. The summed E-state index contributed by atoms with van der Waals surface area (Å²) in [4.78, 5) is 23.6. The molecule has 1 aliphatic carbocycles. The third-order valence-corrected chi connectivity index (χ3v) is 4.35. The third kappa shape index (κ3) is 2.52. The fourth-order valence-electron chi connectivity index (χ4n) is 2.71. The molecular weight excluding hydrogens is 340 g/mol. The van der Waals surface area contributed by atoms with E-state index in [9.17, 15) is 9.59 Å². The number of Topliss-reactive ketones (excluding diaryl/α,β-unsaturated/α-hetero) is 1. The number of benzene rings is 1. The summed E-state index contributed by atoms with van der Waals surface area (Å²) in [5.41, 5.74) is 0.228. The second kappa shape index (κ2) is 5.33. The third-order valence-electron chi connectivity index (χ3n) is 3.70. The van der Waals surface area contributed by atoms with Crippen LogP contribution in [0, 0.1) is 0 Å². The molecule has 0 bridgehead atoms. The quantitative estimate of drug-likeness (QED) is 0.473. The number of halogens is 1. The molecule has 21 heavy (non-hydrogen) atoms. The van der Waals surface area contributed by atoms with Crippen molar-refractivity contribution in [3.05, 3.63) is 22.2 Å². The highest BCUT2D eigenvalue weighted by Crippen LogP contribution is 2.48. The first-order valence-electron chi connectivity index (χ1n) is 6.98. The summed E-state index contributed by atoms with van der Waals surface area (Å²) >= 11 is 3.30. The van der Waals surface area contributed by atoms with E-state index in [1.807, 2.05) is 0 Å². The van der Waals surface area contributed by atoms with Gasteiger partial charge in [0, 0.05) is 22.9 Å². The van der Waals surface area contributed by atoms with Crippen LogP contribution >= 0.6 is 15.9 Å². The summed E-state index contributed by atoms with van der Waals surface area (Å²) in [5, 5.41) is 0. The Morgan fingerprint density at radius 3 is 2.48 bits per heavy atom. The predicted octanol–water partition coefficient (Wildman–Crippen LogP) is 3.24. The van der Waals surface area contributed by atoms with Gasteiger partial charge in [0.05, 0.1) is 6.61 Å². The molecule has 1 heterocycles. The zero-order valence-corrected chi connectivity index (χ0v) is 13.2. The lowest BCUT2D eigenvalue weighted by molar-refractivity contribution is -0.137. The fraction of sp³-hybridized carbons (Fsp3) is 0.467. The number of esters is 1. The maximum atomic E-state index is 12.1. The molecule has 1 saturated carbocycles. The van der Waals surface area contributed by atoms with Crippen LogP contribution in [0.4, 0.5) is 0 Å². The van der Waals surface area contributed by atoms with Crippen molar-refractivity contribution in [1.29, 1.82) is 0 Å². The van der Waals surface area contributed by atoms with Crippen LogP contribution in [0.3, 0.4) is 0 Å². The Bertz CT molecular complexity index is 604. The van der Waals surface area contributed by atoms with Crippen molar-refractivity contribution < 1.29 is 23.8 Å². The molecule has 5 nitrogen and oxygen atoms in total. The van der Waals surface area contributed by atoms with Crippen molar-refractivity contribution >= 4 is 27.7 Å². The van der Waals surface area contributed by atoms with Crippen LogP contribution in [0.5, 0.6) is 11.5 Å². The molecule has 0 aromatic heterocycles. The van der Waals surface area contributed by atoms with Gasteiger partial charge in [0.15, 0.2) is 11.5 Å². The molecule has 1 aromatic rings. The van der Waals surface area contributed by atoms with Crippen LogP contribution in [-0.2, 0) is 9.53 Å². The number of hydrogen-bond acceptors (Lipinski definition) is 5. The van der Waals surface area contributed by atoms with Crippen LogP contribution in [-0.4, -0.2) is 24.1 Å². The molecule has 0 radical (unpaired) electrons. The van der Waals surface area contributed by atoms with Crippen LogP contribution in [0.1, 0.15) is 43.0 Å². The molecule has 1 fully saturated rings. The lowest BCUT2D eigenvalue weighted by Gasteiger charge is -2.21. The summed E-state index contributed by atoms with van der Waals surface area (Å²) in [7, 11) is 0. The van der Waals surface area contributed by atoms with E-state index in [1.54, 1.807) is 19.1 Å². The zero-order valence-electron chi connectivity index (χ0n) is 11.6. The van der Waals surface area contributed by atoms with Gasteiger partial charge in [-0.1, -0.05) is 0 Å². The molecule has 1 spiro atoms. The van der Waals surface area contributed by atoms with Crippen LogP contribution in [0.2, 0.25) is 0 Å². The van der Waals surface area contributed by atoms with Crippen LogP contribution < -0.4 is 9.47 Å². The van der Waals surface area contributed by atoms with Gasteiger partial charge in [-0.05, 0) is 47.8 Å². The SMILES string of the molecule is CCOC(=O)C(=O)c1cc2c(cc1Br)OC1(CCCC1)O2. The Morgan fingerprint density at radius 2 is 1.86 bits per heavy atom. The Kier molecular flexibility index (Phi) is 3.65.